The topological polar surface area (TPSA) is 67.9 Å². The lowest BCUT2D eigenvalue weighted by molar-refractivity contribution is -0.152. The van der Waals surface area contributed by atoms with Crippen molar-refractivity contribution in [3.05, 3.63) is 59.2 Å². The summed E-state index contributed by atoms with van der Waals surface area (Å²) in [6.07, 6.45) is -0.722. The van der Waals surface area contributed by atoms with Crippen molar-refractivity contribution in [3.63, 3.8) is 0 Å². The van der Waals surface area contributed by atoms with E-state index in [0.717, 1.165) is 43.1 Å². The average molecular weight is 396 g/mol. The molecule has 0 aliphatic carbocycles. The molecule has 1 aliphatic heterocycles. The zero-order chi connectivity index (χ0) is 20.8. The highest BCUT2D eigenvalue weighted by molar-refractivity contribution is 5.95. The van der Waals surface area contributed by atoms with Crippen LogP contribution in [0.1, 0.15) is 23.6 Å². The maximum Gasteiger partial charge on any atom is 0.311 e. The normalized spacial score (nSPS) is 14.9. The monoisotopic (exact) mass is 396 g/mol. The molecule has 0 aromatic heterocycles. The lowest BCUT2D eigenvalue weighted by atomic mass is 10.0. The summed E-state index contributed by atoms with van der Waals surface area (Å²) in [4.78, 5) is 26.8. The molecule has 1 atom stereocenters. The van der Waals surface area contributed by atoms with Crippen molar-refractivity contribution in [1.82, 2.24) is 0 Å². The fraction of sp³-hybridized carbons (Fsp3) is 0.391. The number of nitrogens with zero attached hydrogens (tertiary/aromatic N) is 1. The van der Waals surface area contributed by atoms with E-state index in [9.17, 15) is 9.59 Å². The van der Waals surface area contributed by atoms with Crippen LogP contribution in [0.25, 0.3) is 0 Å². The van der Waals surface area contributed by atoms with E-state index in [1.807, 2.05) is 56.3 Å². The standard InChI is InChI=1S/C23H28N2O4/c1-16-4-5-19(14-17(16)2)15-22(26)29-18(3)23(27)24-20-6-8-21(9-7-20)25-10-12-28-13-11-25/h4-9,14,18H,10-13,15H2,1-3H3,(H,24,27)/t18-/m1/s1. The Morgan fingerprint density at radius 2 is 1.76 bits per heavy atom. The Morgan fingerprint density at radius 3 is 2.41 bits per heavy atom. The first-order valence-corrected chi connectivity index (χ1v) is 9.91. The first-order chi connectivity index (χ1) is 13.9. The van der Waals surface area contributed by atoms with Crippen molar-refractivity contribution < 1.29 is 19.1 Å². The summed E-state index contributed by atoms with van der Waals surface area (Å²) in [7, 11) is 0. The number of benzene rings is 2. The second kappa shape index (κ2) is 9.56. The fourth-order valence-corrected chi connectivity index (χ4v) is 3.19. The second-order valence-electron chi connectivity index (χ2n) is 7.36. The number of carbonyl (C=O) groups excluding carboxylic acids is 2. The van der Waals surface area contributed by atoms with Gasteiger partial charge in [-0.3, -0.25) is 9.59 Å². The highest BCUT2D eigenvalue weighted by atomic mass is 16.5. The number of morpholine rings is 1. The van der Waals surface area contributed by atoms with Crippen molar-refractivity contribution in [3.8, 4) is 0 Å². The van der Waals surface area contributed by atoms with E-state index in [1.54, 1.807) is 6.92 Å². The van der Waals surface area contributed by atoms with Crippen LogP contribution in [0.15, 0.2) is 42.5 Å². The van der Waals surface area contributed by atoms with Crippen LogP contribution in [-0.4, -0.2) is 44.3 Å². The molecule has 6 nitrogen and oxygen atoms in total. The Morgan fingerprint density at radius 1 is 1.07 bits per heavy atom. The number of ether oxygens (including phenoxy) is 2. The molecule has 0 spiro atoms. The number of hydrogen-bond donors (Lipinski definition) is 1. The van der Waals surface area contributed by atoms with Gasteiger partial charge in [0.05, 0.1) is 19.6 Å². The molecule has 0 radical (unpaired) electrons. The van der Waals surface area contributed by atoms with Crippen molar-refractivity contribution in [2.45, 2.75) is 33.3 Å². The first-order valence-electron chi connectivity index (χ1n) is 9.91. The van der Waals surface area contributed by atoms with Gasteiger partial charge in [0.25, 0.3) is 5.91 Å². The molecule has 1 amide bonds. The number of nitrogens with one attached hydrogen (secondary N) is 1. The summed E-state index contributed by atoms with van der Waals surface area (Å²) < 4.78 is 10.7. The van der Waals surface area contributed by atoms with Crippen molar-refractivity contribution in [2.75, 3.05) is 36.5 Å². The first kappa shape index (κ1) is 20.9. The third-order valence-corrected chi connectivity index (χ3v) is 5.11. The largest absolute Gasteiger partial charge is 0.452 e. The number of hydrogen-bond acceptors (Lipinski definition) is 5. The maximum absolute atomic E-state index is 12.4. The molecule has 6 heteroatoms. The Balaban J connectivity index is 1.50. The Kier molecular flexibility index (Phi) is 6.88. The van der Waals surface area contributed by atoms with E-state index < -0.39 is 12.1 Å². The Labute approximate surface area is 171 Å². The molecule has 1 aliphatic rings. The van der Waals surface area contributed by atoms with E-state index in [-0.39, 0.29) is 12.3 Å². The van der Waals surface area contributed by atoms with Gasteiger partial charge >= 0.3 is 5.97 Å². The number of amides is 1. The molecule has 154 valence electrons. The van der Waals surface area contributed by atoms with Crippen LogP contribution in [0.4, 0.5) is 11.4 Å². The van der Waals surface area contributed by atoms with Gasteiger partial charge in [-0.2, -0.15) is 0 Å². The van der Waals surface area contributed by atoms with Crippen molar-refractivity contribution in [2.24, 2.45) is 0 Å². The number of esters is 1. The summed E-state index contributed by atoms with van der Waals surface area (Å²) in [6.45, 7) is 8.78. The Hall–Kier alpha value is -2.86. The summed E-state index contributed by atoms with van der Waals surface area (Å²) in [5.74, 6) is -0.767. The van der Waals surface area contributed by atoms with Gasteiger partial charge in [-0.25, -0.2) is 0 Å². The molecule has 0 bridgehead atoms. The summed E-state index contributed by atoms with van der Waals surface area (Å²) in [6, 6.07) is 13.5. The molecule has 1 N–H and O–H groups in total. The van der Waals surface area contributed by atoms with E-state index in [4.69, 9.17) is 9.47 Å². The molecule has 1 saturated heterocycles. The highest BCUT2D eigenvalue weighted by Crippen LogP contribution is 2.19. The van der Waals surface area contributed by atoms with Gasteiger partial charge in [0.2, 0.25) is 0 Å². The minimum Gasteiger partial charge on any atom is -0.452 e. The quantitative estimate of drug-likeness (QED) is 0.759. The fourth-order valence-electron chi connectivity index (χ4n) is 3.19. The van der Waals surface area contributed by atoms with Crippen LogP contribution in [0.5, 0.6) is 0 Å². The lowest BCUT2D eigenvalue weighted by Crippen LogP contribution is -2.36. The molecule has 1 heterocycles. The molecule has 29 heavy (non-hydrogen) atoms. The predicted octanol–water partition coefficient (Wildman–Crippen LogP) is 3.25. The summed E-state index contributed by atoms with van der Waals surface area (Å²) in [5.41, 5.74) is 4.95. The zero-order valence-electron chi connectivity index (χ0n) is 17.2. The molecule has 3 rings (SSSR count). The number of rotatable bonds is 6. The van der Waals surface area contributed by atoms with Gasteiger partial charge in [-0.1, -0.05) is 18.2 Å². The number of anilines is 2. The molecule has 0 unspecified atom stereocenters. The third kappa shape index (κ3) is 5.81. The van der Waals surface area contributed by atoms with Crippen LogP contribution in [0, 0.1) is 13.8 Å². The van der Waals surface area contributed by atoms with Gasteiger partial charge in [-0.15, -0.1) is 0 Å². The van der Waals surface area contributed by atoms with Crippen LogP contribution in [0.2, 0.25) is 0 Å². The maximum atomic E-state index is 12.4. The second-order valence-corrected chi connectivity index (χ2v) is 7.36. The molecule has 1 fully saturated rings. The van der Waals surface area contributed by atoms with Gasteiger partial charge in [0.1, 0.15) is 0 Å². The van der Waals surface area contributed by atoms with E-state index in [1.165, 1.54) is 5.56 Å². The van der Waals surface area contributed by atoms with Gasteiger partial charge in [0.15, 0.2) is 6.10 Å². The SMILES string of the molecule is Cc1ccc(CC(=O)O[C@H](C)C(=O)Nc2ccc(N3CCOCC3)cc2)cc1C. The predicted molar refractivity (Wildman–Crippen MR) is 113 cm³/mol. The van der Waals surface area contributed by atoms with Crippen LogP contribution < -0.4 is 10.2 Å². The average Bonchev–Trinajstić information content (AvgIpc) is 2.72. The summed E-state index contributed by atoms with van der Waals surface area (Å²) >= 11 is 0. The Bertz CT molecular complexity index is 858. The molecule has 2 aromatic rings. The van der Waals surface area contributed by atoms with Crippen molar-refractivity contribution >= 4 is 23.3 Å². The van der Waals surface area contributed by atoms with Crippen LogP contribution >= 0.6 is 0 Å². The minimum atomic E-state index is -0.868. The van der Waals surface area contributed by atoms with Gasteiger partial charge in [0, 0.05) is 24.5 Å². The van der Waals surface area contributed by atoms with Crippen LogP contribution in [-0.2, 0) is 25.5 Å². The molecular formula is C23H28N2O4. The van der Waals surface area contributed by atoms with Crippen LogP contribution in [0.3, 0.4) is 0 Å². The van der Waals surface area contributed by atoms with Crippen molar-refractivity contribution in [1.29, 1.82) is 0 Å². The van der Waals surface area contributed by atoms with E-state index in [2.05, 4.69) is 10.2 Å². The summed E-state index contributed by atoms with van der Waals surface area (Å²) in [5, 5.41) is 2.80. The molecule has 0 saturated carbocycles. The highest BCUT2D eigenvalue weighted by Gasteiger charge is 2.19. The van der Waals surface area contributed by atoms with E-state index >= 15 is 0 Å². The number of aryl methyl sites for hydroxylation is 2. The minimum absolute atomic E-state index is 0.146. The van der Waals surface area contributed by atoms with Gasteiger partial charge in [-0.05, 0) is 61.7 Å². The number of carbonyl (C=O) groups is 2. The van der Waals surface area contributed by atoms with E-state index in [0.29, 0.717) is 5.69 Å². The zero-order valence-corrected chi connectivity index (χ0v) is 17.2. The third-order valence-electron chi connectivity index (χ3n) is 5.11. The lowest BCUT2D eigenvalue weighted by Gasteiger charge is -2.28. The molecule has 2 aromatic carbocycles. The van der Waals surface area contributed by atoms with Gasteiger partial charge < -0.3 is 19.7 Å². The molecular weight excluding hydrogens is 368 g/mol. The smallest absolute Gasteiger partial charge is 0.311 e.